The highest BCUT2D eigenvalue weighted by atomic mass is 19.1. The number of nitrogens with one attached hydrogen (secondary N) is 2. The van der Waals surface area contributed by atoms with Gasteiger partial charge in [0, 0.05) is 18.5 Å². The second-order valence-corrected chi connectivity index (χ2v) is 5.54. The third-order valence-corrected chi connectivity index (χ3v) is 3.59. The predicted molar refractivity (Wildman–Crippen MR) is 86.2 cm³/mol. The van der Waals surface area contributed by atoms with Gasteiger partial charge in [-0.3, -0.25) is 0 Å². The fourth-order valence-electron chi connectivity index (χ4n) is 2.54. The van der Waals surface area contributed by atoms with E-state index in [4.69, 9.17) is 4.74 Å². The molecule has 22 heavy (non-hydrogen) atoms. The number of nitrogens with zero attached hydrogens (tertiary/aromatic N) is 1. The van der Waals surface area contributed by atoms with Crippen LogP contribution in [-0.2, 0) is 6.42 Å². The van der Waals surface area contributed by atoms with Crippen molar-refractivity contribution >= 4 is 11.5 Å². The Balaban J connectivity index is 1.93. The van der Waals surface area contributed by atoms with Crippen molar-refractivity contribution in [2.75, 3.05) is 23.8 Å². The van der Waals surface area contributed by atoms with E-state index in [0.717, 1.165) is 29.2 Å². The molecule has 0 unspecified atom stereocenters. The minimum atomic E-state index is -0.219. The maximum atomic E-state index is 13.0. The summed E-state index contributed by atoms with van der Waals surface area (Å²) >= 11 is 0. The first kappa shape index (κ1) is 14.6. The molecule has 5 heteroatoms. The first-order valence-corrected chi connectivity index (χ1v) is 7.57. The summed E-state index contributed by atoms with van der Waals surface area (Å²) in [5.74, 6) is 1.24. The molecular weight excluding hydrogens is 281 g/mol. The van der Waals surface area contributed by atoms with Crippen molar-refractivity contribution < 1.29 is 9.13 Å². The van der Waals surface area contributed by atoms with Crippen LogP contribution in [0.4, 0.5) is 15.9 Å². The number of halogens is 1. The van der Waals surface area contributed by atoms with E-state index in [1.165, 1.54) is 12.1 Å². The van der Waals surface area contributed by atoms with Crippen LogP contribution in [0.15, 0.2) is 30.3 Å². The second-order valence-electron chi connectivity index (χ2n) is 5.54. The number of benzene rings is 1. The van der Waals surface area contributed by atoms with Gasteiger partial charge in [0.15, 0.2) is 0 Å². The Labute approximate surface area is 129 Å². The molecule has 1 aliphatic rings. The summed E-state index contributed by atoms with van der Waals surface area (Å²) in [6.45, 7) is 5.50. The smallest absolute Gasteiger partial charge is 0.239 e. The van der Waals surface area contributed by atoms with Crippen molar-refractivity contribution in [3.63, 3.8) is 0 Å². The van der Waals surface area contributed by atoms with Crippen molar-refractivity contribution in [1.29, 1.82) is 0 Å². The first-order chi connectivity index (χ1) is 10.7. The highest BCUT2D eigenvalue weighted by molar-refractivity contribution is 5.63. The van der Waals surface area contributed by atoms with Gasteiger partial charge in [0.05, 0.1) is 11.7 Å². The van der Waals surface area contributed by atoms with Crippen LogP contribution in [0.2, 0.25) is 0 Å². The Morgan fingerprint density at radius 2 is 2.14 bits per heavy atom. The average molecular weight is 301 g/mol. The molecule has 3 rings (SSSR count). The maximum Gasteiger partial charge on any atom is 0.239 e. The Bertz CT molecular complexity index is 658. The molecular formula is C17H20FN3O. The SMILES string of the molecule is CCNc1nc2c(cc1Cc1ccc(F)cc1)N[C@@H](C)CO2. The summed E-state index contributed by atoms with van der Waals surface area (Å²) < 4.78 is 18.7. The number of hydrogen-bond acceptors (Lipinski definition) is 4. The largest absolute Gasteiger partial charge is 0.474 e. The summed E-state index contributed by atoms with van der Waals surface area (Å²) in [4.78, 5) is 4.58. The zero-order valence-corrected chi connectivity index (χ0v) is 12.8. The van der Waals surface area contributed by atoms with E-state index in [9.17, 15) is 4.39 Å². The molecule has 0 fully saturated rings. The molecule has 2 heterocycles. The highest BCUT2D eigenvalue weighted by Gasteiger charge is 2.19. The van der Waals surface area contributed by atoms with Crippen molar-refractivity contribution in [1.82, 2.24) is 4.98 Å². The van der Waals surface area contributed by atoms with E-state index in [1.807, 2.05) is 6.92 Å². The monoisotopic (exact) mass is 301 g/mol. The number of fused-ring (bicyclic) bond motifs is 1. The van der Waals surface area contributed by atoms with Crippen molar-refractivity contribution in [2.24, 2.45) is 0 Å². The van der Waals surface area contributed by atoms with Crippen LogP contribution in [-0.4, -0.2) is 24.2 Å². The molecule has 1 aromatic heterocycles. The van der Waals surface area contributed by atoms with Gasteiger partial charge in [-0.15, -0.1) is 0 Å². The van der Waals surface area contributed by atoms with Crippen LogP contribution >= 0.6 is 0 Å². The molecule has 0 aliphatic carbocycles. The van der Waals surface area contributed by atoms with Crippen LogP contribution in [0.3, 0.4) is 0 Å². The van der Waals surface area contributed by atoms with E-state index in [2.05, 4.69) is 28.6 Å². The van der Waals surface area contributed by atoms with Gasteiger partial charge in [0.1, 0.15) is 18.2 Å². The lowest BCUT2D eigenvalue weighted by Crippen LogP contribution is -2.29. The molecule has 0 radical (unpaired) electrons. The van der Waals surface area contributed by atoms with E-state index in [0.29, 0.717) is 18.9 Å². The van der Waals surface area contributed by atoms with Gasteiger partial charge < -0.3 is 15.4 Å². The van der Waals surface area contributed by atoms with Crippen molar-refractivity contribution in [2.45, 2.75) is 26.3 Å². The highest BCUT2D eigenvalue weighted by Crippen LogP contribution is 2.32. The van der Waals surface area contributed by atoms with Gasteiger partial charge in [-0.25, -0.2) is 4.39 Å². The molecule has 0 bridgehead atoms. The number of pyridine rings is 1. The fourth-order valence-corrected chi connectivity index (χ4v) is 2.54. The molecule has 0 spiro atoms. The fraction of sp³-hybridized carbons (Fsp3) is 0.353. The van der Waals surface area contributed by atoms with E-state index >= 15 is 0 Å². The summed E-state index contributed by atoms with van der Waals surface area (Å²) in [5.41, 5.74) is 3.03. The molecule has 0 saturated carbocycles. The molecule has 2 aromatic rings. The Kier molecular flexibility index (Phi) is 4.13. The van der Waals surface area contributed by atoms with Crippen molar-refractivity contribution in [3.05, 3.63) is 47.3 Å². The number of aromatic nitrogens is 1. The molecule has 116 valence electrons. The number of anilines is 2. The van der Waals surface area contributed by atoms with Gasteiger partial charge in [0.25, 0.3) is 0 Å². The summed E-state index contributed by atoms with van der Waals surface area (Å²) in [5, 5.41) is 6.67. The van der Waals surface area contributed by atoms with E-state index in [-0.39, 0.29) is 11.9 Å². The summed E-state index contributed by atoms with van der Waals surface area (Å²) in [6.07, 6.45) is 0.693. The summed E-state index contributed by atoms with van der Waals surface area (Å²) in [6, 6.07) is 8.90. The standard InChI is InChI=1S/C17H20FN3O/c1-3-19-16-13(8-12-4-6-14(18)7-5-12)9-15-17(21-16)22-10-11(2)20-15/h4-7,9,11,20H,3,8,10H2,1-2H3,(H,19,21)/t11-/m0/s1. The van der Waals surface area contributed by atoms with Crippen LogP contribution in [0.1, 0.15) is 25.0 Å². The first-order valence-electron chi connectivity index (χ1n) is 7.57. The zero-order valence-electron chi connectivity index (χ0n) is 12.8. The van der Waals surface area contributed by atoms with Gasteiger partial charge in [-0.05, 0) is 37.6 Å². The lowest BCUT2D eigenvalue weighted by molar-refractivity contribution is 0.281. The van der Waals surface area contributed by atoms with E-state index in [1.54, 1.807) is 12.1 Å². The summed E-state index contributed by atoms with van der Waals surface area (Å²) in [7, 11) is 0. The third kappa shape index (κ3) is 3.13. The van der Waals surface area contributed by atoms with Crippen molar-refractivity contribution in [3.8, 4) is 5.88 Å². The normalized spacial score (nSPS) is 16.4. The lowest BCUT2D eigenvalue weighted by Gasteiger charge is -2.25. The topological polar surface area (TPSA) is 46.2 Å². The predicted octanol–water partition coefficient (Wildman–Crippen LogP) is 3.44. The van der Waals surface area contributed by atoms with E-state index < -0.39 is 0 Å². The molecule has 1 atom stereocenters. The average Bonchev–Trinajstić information content (AvgIpc) is 2.50. The zero-order chi connectivity index (χ0) is 15.5. The molecule has 1 aromatic carbocycles. The lowest BCUT2D eigenvalue weighted by atomic mass is 10.0. The molecule has 4 nitrogen and oxygen atoms in total. The van der Waals surface area contributed by atoms with Gasteiger partial charge in [-0.2, -0.15) is 4.98 Å². The molecule has 0 saturated heterocycles. The number of ether oxygens (including phenoxy) is 1. The number of rotatable bonds is 4. The van der Waals surface area contributed by atoms with Crippen LogP contribution in [0, 0.1) is 5.82 Å². The Hall–Kier alpha value is -2.30. The van der Waals surface area contributed by atoms with Gasteiger partial charge >= 0.3 is 0 Å². The minimum Gasteiger partial charge on any atom is -0.474 e. The Morgan fingerprint density at radius 1 is 1.36 bits per heavy atom. The van der Waals surface area contributed by atoms with Crippen LogP contribution < -0.4 is 15.4 Å². The molecule has 1 aliphatic heterocycles. The molecule has 0 amide bonds. The van der Waals surface area contributed by atoms with Gasteiger partial charge in [-0.1, -0.05) is 12.1 Å². The van der Waals surface area contributed by atoms with Crippen LogP contribution in [0.25, 0.3) is 0 Å². The van der Waals surface area contributed by atoms with Crippen LogP contribution in [0.5, 0.6) is 5.88 Å². The maximum absolute atomic E-state index is 13.0. The third-order valence-electron chi connectivity index (χ3n) is 3.59. The molecule has 2 N–H and O–H groups in total. The van der Waals surface area contributed by atoms with Gasteiger partial charge in [0.2, 0.25) is 5.88 Å². The number of hydrogen-bond donors (Lipinski definition) is 2. The quantitative estimate of drug-likeness (QED) is 0.908. The second kappa shape index (κ2) is 6.22. The minimum absolute atomic E-state index is 0.219. The Morgan fingerprint density at radius 3 is 2.86 bits per heavy atom.